The van der Waals surface area contributed by atoms with E-state index in [1.54, 1.807) is 18.0 Å². The third-order valence-electron chi connectivity index (χ3n) is 3.50. The SMILES string of the molecule is CC1=C(c2ccc(Cl)cc2)SC(Nc2ccn[nH]2)N1CCO.S. The number of aromatic amines is 1. The molecule has 0 saturated carbocycles. The minimum Gasteiger partial charge on any atom is -0.395 e. The largest absolute Gasteiger partial charge is 0.395 e. The van der Waals surface area contributed by atoms with Crippen LogP contribution in [0.25, 0.3) is 4.91 Å². The first-order valence-electron chi connectivity index (χ1n) is 6.96. The van der Waals surface area contributed by atoms with Gasteiger partial charge in [-0.3, -0.25) is 5.10 Å². The summed E-state index contributed by atoms with van der Waals surface area (Å²) < 4.78 is 0. The van der Waals surface area contributed by atoms with E-state index in [0.29, 0.717) is 6.54 Å². The van der Waals surface area contributed by atoms with E-state index in [-0.39, 0.29) is 25.6 Å². The summed E-state index contributed by atoms with van der Waals surface area (Å²) in [5.41, 5.74) is 2.28. The van der Waals surface area contributed by atoms with Gasteiger partial charge in [-0.05, 0) is 24.6 Å². The number of aliphatic hydroxyl groups excluding tert-OH is 1. The Morgan fingerprint density at radius 2 is 2.09 bits per heavy atom. The zero-order valence-corrected chi connectivity index (χ0v) is 15.2. The van der Waals surface area contributed by atoms with Gasteiger partial charge in [-0.1, -0.05) is 35.5 Å². The second-order valence-electron chi connectivity index (χ2n) is 4.92. The Balaban J connectivity index is 0.00000192. The maximum Gasteiger partial charge on any atom is 0.153 e. The highest BCUT2D eigenvalue weighted by Crippen LogP contribution is 2.43. The fourth-order valence-electron chi connectivity index (χ4n) is 2.41. The van der Waals surface area contributed by atoms with Gasteiger partial charge in [-0.15, -0.1) is 0 Å². The molecule has 5 nitrogen and oxygen atoms in total. The Hall–Kier alpha value is -1.28. The first-order valence-corrected chi connectivity index (χ1v) is 8.21. The molecule has 1 aliphatic heterocycles. The summed E-state index contributed by atoms with van der Waals surface area (Å²) in [4.78, 5) is 3.33. The van der Waals surface area contributed by atoms with Crippen molar-refractivity contribution in [3.05, 3.63) is 52.8 Å². The monoisotopic (exact) mass is 370 g/mol. The highest BCUT2D eigenvalue weighted by molar-refractivity contribution is 8.09. The third kappa shape index (κ3) is 3.98. The Labute approximate surface area is 151 Å². The summed E-state index contributed by atoms with van der Waals surface area (Å²) in [6, 6.07) is 9.70. The molecular weight excluding hydrogens is 352 g/mol. The summed E-state index contributed by atoms with van der Waals surface area (Å²) in [6.07, 6.45) is 1.71. The van der Waals surface area contributed by atoms with Crippen molar-refractivity contribution >= 4 is 47.6 Å². The van der Waals surface area contributed by atoms with Crippen molar-refractivity contribution in [3.8, 4) is 0 Å². The van der Waals surface area contributed by atoms with Crippen LogP contribution in [0.3, 0.4) is 0 Å². The predicted octanol–water partition coefficient (Wildman–Crippen LogP) is 3.30. The van der Waals surface area contributed by atoms with Crippen molar-refractivity contribution in [2.75, 3.05) is 18.5 Å². The fraction of sp³-hybridized carbons (Fsp3) is 0.267. The number of H-pyrrole nitrogens is 1. The average Bonchev–Trinajstić information content (AvgIpc) is 3.12. The molecule has 0 aliphatic carbocycles. The zero-order chi connectivity index (χ0) is 15.5. The lowest BCUT2D eigenvalue weighted by Crippen LogP contribution is -2.35. The number of rotatable bonds is 5. The Bertz CT molecular complexity index is 661. The molecule has 0 spiro atoms. The van der Waals surface area contributed by atoms with Crippen LogP contribution in [-0.2, 0) is 0 Å². The molecule has 8 heteroatoms. The van der Waals surface area contributed by atoms with Crippen LogP contribution in [0.4, 0.5) is 5.82 Å². The van der Waals surface area contributed by atoms with Crippen LogP contribution >= 0.6 is 36.9 Å². The smallest absolute Gasteiger partial charge is 0.153 e. The molecule has 0 bridgehead atoms. The fourth-order valence-corrected chi connectivity index (χ4v) is 3.90. The maximum atomic E-state index is 9.34. The van der Waals surface area contributed by atoms with Gasteiger partial charge in [0, 0.05) is 28.2 Å². The topological polar surface area (TPSA) is 64.2 Å². The molecule has 1 aromatic heterocycles. The summed E-state index contributed by atoms with van der Waals surface area (Å²) in [5.74, 6) is 0.852. The minimum absolute atomic E-state index is 0. The third-order valence-corrected chi connectivity index (χ3v) is 5.11. The number of allylic oxidation sites excluding steroid dienone is 1. The lowest BCUT2D eigenvalue weighted by atomic mass is 10.2. The van der Waals surface area contributed by atoms with E-state index in [9.17, 15) is 5.11 Å². The number of nitrogens with one attached hydrogen (secondary N) is 2. The highest BCUT2D eigenvalue weighted by Gasteiger charge is 2.30. The molecule has 2 heterocycles. The first-order chi connectivity index (χ1) is 10.7. The van der Waals surface area contributed by atoms with Gasteiger partial charge in [0.05, 0.1) is 12.8 Å². The van der Waals surface area contributed by atoms with E-state index in [0.717, 1.165) is 22.1 Å². The Morgan fingerprint density at radius 1 is 1.35 bits per heavy atom. The van der Waals surface area contributed by atoms with E-state index < -0.39 is 0 Å². The van der Waals surface area contributed by atoms with Crippen LogP contribution in [0, 0.1) is 0 Å². The number of hydrogen-bond acceptors (Lipinski definition) is 5. The number of benzene rings is 1. The van der Waals surface area contributed by atoms with Gasteiger partial charge < -0.3 is 15.3 Å². The van der Waals surface area contributed by atoms with Gasteiger partial charge in [-0.25, -0.2) is 0 Å². The molecule has 1 unspecified atom stereocenters. The quantitative estimate of drug-likeness (QED) is 0.753. The second kappa shape index (κ2) is 8.01. The predicted molar refractivity (Wildman–Crippen MR) is 102 cm³/mol. The standard InChI is InChI=1S/C15H17ClN4OS.H2S/c1-10-14(11-2-4-12(16)5-3-11)22-15(20(10)8-9-21)18-13-6-7-17-19-13;/h2-7,15,21H,8-9H2,1H3,(H2,17,18,19);1H2. The number of β-amino-alcohol motifs (C(OH)–C–C–N with tert-alkyl or cyclic N) is 1. The number of halogens is 1. The number of thioether (sulfide) groups is 1. The van der Waals surface area contributed by atoms with Gasteiger partial charge in [0.15, 0.2) is 5.50 Å². The van der Waals surface area contributed by atoms with E-state index in [1.165, 1.54) is 4.91 Å². The second-order valence-corrected chi connectivity index (χ2v) is 6.45. The van der Waals surface area contributed by atoms with E-state index in [2.05, 4.69) is 27.3 Å². The summed E-state index contributed by atoms with van der Waals surface area (Å²) in [7, 11) is 0. The molecule has 0 saturated heterocycles. The van der Waals surface area contributed by atoms with Crippen LogP contribution in [0.5, 0.6) is 0 Å². The summed E-state index contributed by atoms with van der Waals surface area (Å²) in [5, 5.41) is 20.3. The van der Waals surface area contributed by atoms with Gasteiger partial charge in [0.25, 0.3) is 0 Å². The molecule has 3 N–H and O–H groups in total. The summed E-state index contributed by atoms with van der Waals surface area (Å²) in [6.45, 7) is 2.75. The average molecular weight is 371 g/mol. The van der Waals surface area contributed by atoms with Gasteiger partial charge in [0.1, 0.15) is 5.82 Å². The Morgan fingerprint density at radius 3 is 2.70 bits per heavy atom. The van der Waals surface area contributed by atoms with Crippen LogP contribution in [0.15, 0.2) is 42.2 Å². The first kappa shape index (κ1) is 18.1. The Kier molecular flexibility index (Phi) is 6.29. The number of nitrogens with zero attached hydrogens (tertiary/aromatic N) is 2. The normalized spacial score (nSPS) is 17.3. The lowest BCUT2D eigenvalue weighted by molar-refractivity contribution is 0.228. The van der Waals surface area contributed by atoms with Crippen LogP contribution in [0.2, 0.25) is 5.02 Å². The molecule has 3 rings (SSSR count). The maximum absolute atomic E-state index is 9.34. The molecule has 1 atom stereocenters. The van der Waals surface area contributed by atoms with Crippen LogP contribution in [-0.4, -0.2) is 38.9 Å². The van der Waals surface area contributed by atoms with E-state index >= 15 is 0 Å². The van der Waals surface area contributed by atoms with Crippen molar-refractivity contribution in [1.82, 2.24) is 15.1 Å². The molecule has 0 amide bonds. The van der Waals surface area contributed by atoms with Crippen molar-refractivity contribution in [3.63, 3.8) is 0 Å². The molecule has 124 valence electrons. The molecule has 0 fully saturated rings. The molecular formula is C15H19ClN4OS2. The number of hydrogen-bond donors (Lipinski definition) is 3. The highest BCUT2D eigenvalue weighted by atomic mass is 35.5. The van der Waals surface area contributed by atoms with E-state index in [1.807, 2.05) is 30.3 Å². The van der Waals surface area contributed by atoms with Crippen molar-refractivity contribution in [2.24, 2.45) is 0 Å². The van der Waals surface area contributed by atoms with Crippen molar-refractivity contribution in [1.29, 1.82) is 0 Å². The number of aliphatic hydroxyl groups is 1. The number of anilines is 1. The van der Waals surface area contributed by atoms with Crippen molar-refractivity contribution in [2.45, 2.75) is 12.4 Å². The molecule has 23 heavy (non-hydrogen) atoms. The number of aromatic nitrogens is 2. The molecule has 2 aromatic rings. The van der Waals surface area contributed by atoms with Crippen molar-refractivity contribution < 1.29 is 5.11 Å². The van der Waals surface area contributed by atoms with Gasteiger partial charge >= 0.3 is 0 Å². The summed E-state index contributed by atoms with van der Waals surface area (Å²) >= 11 is 7.68. The minimum atomic E-state index is 0. The lowest BCUT2D eigenvalue weighted by Gasteiger charge is -2.27. The van der Waals surface area contributed by atoms with Gasteiger partial charge in [0.2, 0.25) is 0 Å². The molecule has 1 aromatic carbocycles. The van der Waals surface area contributed by atoms with Crippen LogP contribution in [0.1, 0.15) is 12.5 Å². The molecule has 0 radical (unpaired) electrons. The van der Waals surface area contributed by atoms with E-state index in [4.69, 9.17) is 11.6 Å². The molecule has 1 aliphatic rings. The van der Waals surface area contributed by atoms with Crippen LogP contribution < -0.4 is 5.32 Å². The van der Waals surface area contributed by atoms with Gasteiger partial charge in [-0.2, -0.15) is 18.6 Å². The zero-order valence-electron chi connectivity index (χ0n) is 12.6.